The number of aryl methyl sites for hydroxylation is 2. The first kappa shape index (κ1) is 35.1. The van der Waals surface area contributed by atoms with E-state index < -0.39 is 0 Å². The SMILES string of the molecule is CCCC[CH]=[Zr+2].Cc1[c-]c2c(cc1C(C)(C)C)-c1cc(C(C)(C)C)c(C)cc1C2.[Cl-].[Cl-].c1cc[cH-]c1. The van der Waals surface area contributed by atoms with Crippen molar-refractivity contribution in [2.75, 3.05) is 0 Å². The van der Waals surface area contributed by atoms with Crippen LogP contribution in [0.2, 0.25) is 0 Å². The third-order valence-electron chi connectivity index (χ3n) is 6.34. The van der Waals surface area contributed by atoms with Crippen molar-refractivity contribution < 1.29 is 49.0 Å². The van der Waals surface area contributed by atoms with Gasteiger partial charge in [0.1, 0.15) is 0 Å². The summed E-state index contributed by atoms with van der Waals surface area (Å²) < 4.78 is 2.30. The van der Waals surface area contributed by atoms with Crippen LogP contribution in [0.25, 0.3) is 11.1 Å². The summed E-state index contributed by atoms with van der Waals surface area (Å²) in [5.41, 5.74) is 11.6. The minimum absolute atomic E-state index is 0. The van der Waals surface area contributed by atoms with Crippen LogP contribution < -0.4 is 24.8 Å². The van der Waals surface area contributed by atoms with Gasteiger partial charge in [0.25, 0.3) is 0 Å². The molecular weight excluding hydrogens is 558 g/mol. The summed E-state index contributed by atoms with van der Waals surface area (Å²) in [7, 11) is 0. The van der Waals surface area contributed by atoms with Crippen molar-refractivity contribution in [2.45, 2.75) is 98.8 Å². The molecule has 3 aromatic carbocycles. The molecule has 0 atom stereocenters. The number of fused-ring (bicyclic) bond motifs is 3. The van der Waals surface area contributed by atoms with Gasteiger partial charge in [-0.1, -0.05) is 71.6 Å². The predicted octanol–water partition coefficient (Wildman–Crippen LogP) is 3.21. The maximum absolute atomic E-state index is 3.69. The zero-order valence-corrected chi connectivity index (χ0v) is 27.8. The molecule has 0 unspecified atom stereocenters. The number of benzene rings is 2. The fourth-order valence-electron chi connectivity index (χ4n) is 4.65. The van der Waals surface area contributed by atoms with Crippen LogP contribution in [0.4, 0.5) is 0 Å². The monoisotopic (exact) mass is 600 g/mol. The van der Waals surface area contributed by atoms with E-state index in [2.05, 4.69) is 90.3 Å². The Morgan fingerprint density at radius 1 is 0.889 bits per heavy atom. The third kappa shape index (κ3) is 9.78. The number of unbranched alkanes of at least 4 members (excludes halogenated alkanes) is 2. The minimum atomic E-state index is 0. The molecule has 1 aliphatic carbocycles. The summed E-state index contributed by atoms with van der Waals surface area (Å²) in [6.07, 6.45) is 5.08. The molecule has 0 saturated carbocycles. The molecule has 0 spiro atoms. The normalized spacial score (nSPS) is 11.4. The summed E-state index contributed by atoms with van der Waals surface area (Å²) >= 11 is 1.57. The van der Waals surface area contributed by atoms with Crippen molar-refractivity contribution in [1.82, 2.24) is 0 Å². The van der Waals surface area contributed by atoms with Gasteiger partial charge in [0.05, 0.1) is 0 Å². The van der Waals surface area contributed by atoms with E-state index in [0.717, 1.165) is 6.42 Å². The Balaban J connectivity index is 0.000000788. The van der Waals surface area contributed by atoms with Crippen molar-refractivity contribution in [3.8, 4) is 11.1 Å². The quantitative estimate of drug-likeness (QED) is 0.250. The molecule has 196 valence electrons. The van der Waals surface area contributed by atoms with Gasteiger partial charge in [0, 0.05) is 0 Å². The summed E-state index contributed by atoms with van der Waals surface area (Å²) in [5, 5.41) is 0. The van der Waals surface area contributed by atoms with Crippen LogP contribution in [-0.2, 0) is 41.5 Å². The van der Waals surface area contributed by atoms with Gasteiger partial charge >= 0.3 is 54.1 Å². The van der Waals surface area contributed by atoms with E-state index >= 15 is 0 Å². The van der Waals surface area contributed by atoms with E-state index in [1.54, 1.807) is 24.2 Å². The third-order valence-corrected chi connectivity index (χ3v) is 7.05. The van der Waals surface area contributed by atoms with Crippen molar-refractivity contribution in [1.29, 1.82) is 0 Å². The average Bonchev–Trinajstić information content (AvgIpc) is 3.41. The first-order valence-electron chi connectivity index (χ1n) is 12.8. The molecule has 0 aromatic heterocycles. The van der Waals surface area contributed by atoms with E-state index in [9.17, 15) is 0 Å². The summed E-state index contributed by atoms with van der Waals surface area (Å²) in [4.78, 5) is 0. The van der Waals surface area contributed by atoms with Crippen LogP contribution in [0.3, 0.4) is 0 Å². The molecule has 0 heterocycles. The fourth-order valence-corrected chi connectivity index (χ4v) is 5.15. The van der Waals surface area contributed by atoms with E-state index in [-0.39, 0.29) is 35.6 Å². The molecule has 0 radical (unpaired) electrons. The number of hydrogen-bond donors (Lipinski definition) is 0. The Morgan fingerprint density at radius 2 is 1.44 bits per heavy atom. The Labute approximate surface area is 249 Å². The van der Waals surface area contributed by atoms with E-state index in [1.165, 1.54) is 63.8 Å². The second kappa shape index (κ2) is 15.5. The standard InChI is InChI=1S/C23H29.C5H5.C5H10.2ClH.Zr/c1-14-9-16-11-17-10-15(2)21(23(6,7)8)13-19(17)18(16)12-20(14)22(3,4)5;1-2-4-5-3-1;1-3-5-4-2;;;/h9,12-13H,11H2,1-8H3;1-5H;1H,3-5H2,2H3;2*1H;/q2*-1;;;;+2/p-2. The van der Waals surface area contributed by atoms with Gasteiger partial charge in [-0.2, -0.15) is 35.9 Å². The zero-order chi connectivity index (χ0) is 25.5. The molecule has 0 amide bonds. The van der Waals surface area contributed by atoms with Crippen LogP contribution >= 0.6 is 0 Å². The van der Waals surface area contributed by atoms with E-state index in [1.807, 2.05) is 30.3 Å². The average molecular weight is 603 g/mol. The Morgan fingerprint density at radius 3 is 1.86 bits per heavy atom. The molecule has 3 heteroatoms. The fraction of sp³-hybridized carbons (Fsp3) is 0.455. The second-order valence-corrected chi connectivity index (χ2v) is 12.5. The van der Waals surface area contributed by atoms with Crippen molar-refractivity contribution in [3.05, 3.63) is 88.0 Å². The van der Waals surface area contributed by atoms with Crippen LogP contribution in [0.1, 0.15) is 101 Å². The molecule has 0 nitrogen and oxygen atoms in total. The van der Waals surface area contributed by atoms with E-state index in [4.69, 9.17) is 0 Å². The molecule has 0 fully saturated rings. The summed E-state index contributed by atoms with van der Waals surface area (Å²) in [6, 6.07) is 20.9. The number of hydrogen-bond acceptors (Lipinski definition) is 0. The molecule has 36 heavy (non-hydrogen) atoms. The van der Waals surface area contributed by atoms with Gasteiger partial charge in [0.15, 0.2) is 0 Å². The van der Waals surface area contributed by atoms with Gasteiger partial charge < -0.3 is 24.8 Å². The van der Waals surface area contributed by atoms with Crippen molar-refractivity contribution in [2.24, 2.45) is 0 Å². The van der Waals surface area contributed by atoms with Crippen LogP contribution in [0, 0.1) is 19.9 Å². The summed E-state index contributed by atoms with van der Waals surface area (Å²) in [5.74, 6) is 0. The van der Waals surface area contributed by atoms with Crippen molar-refractivity contribution in [3.63, 3.8) is 0 Å². The maximum atomic E-state index is 3.69. The molecule has 0 saturated heterocycles. The van der Waals surface area contributed by atoms with Crippen LogP contribution in [0.5, 0.6) is 0 Å². The molecule has 0 N–H and O–H groups in total. The Bertz CT molecular complexity index is 980. The first-order valence-corrected chi connectivity index (χ1v) is 14.2. The first-order chi connectivity index (χ1) is 15.9. The molecule has 0 bridgehead atoms. The van der Waals surface area contributed by atoms with Crippen LogP contribution in [0.15, 0.2) is 48.5 Å². The molecular formula is C33H44Cl2Zr-2. The molecule has 3 aromatic rings. The molecule has 0 aliphatic heterocycles. The topological polar surface area (TPSA) is 0 Å². The van der Waals surface area contributed by atoms with Gasteiger partial charge in [-0.25, -0.2) is 12.1 Å². The second-order valence-electron chi connectivity index (χ2n) is 11.5. The number of halogens is 2. The smallest absolute Gasteiger partial charge is 0.0129 e. The van der Waals surface area contributed by atoms with Gasteiger partial charge in [-0.15, -0.1) is 16.7 Å². The van der Waals surface area contributed by atoms with Crippen molar-refractivity contribution >= 4 is 3.71 Å². The van der Waals surface area contributed by atoms with Gasteiger partial charge in [0.2, 0.25) is 0 Å². The zero-order valence-electron chi connectivity index (χ0n) is 23.8. The molecule has 1 aliphatic rings. The molecule has 4 rings (SSSR count). The number of rotatable bonds is 3. The Hall–Kier alpha value is -0.877. The van der Waals surface area contributed by atoms with Crippen LogP contribution in [-0.4, -0.2) is 3.71 Å². The predicted molar refractivity (Wildman–Crippen MR) is 148 cm³/mol. The minimum Gasteiger partial charge on any atom is -1.00 e. The van der Waals surface area contributed by atoms with Gasteiger partial charge in [-0.3, -0.25) is 0 Å². The maximum Gasteiger partial charge on any atom is -0.0129 e. The largest absolute Gasteiger partial charge is 1.00 e. The summed E-state index contributed by atoms with van der Waals surface area (Å²) in [6.45, 7) is 20.5. The van der Waals surface area contributed by atoms with Gasteiger partial charge in [-0.05, 0) is 35.4 Å². The Kier molecular flexibility index (Phi) is 15.1. The van der Waals surface area contributed by atoms with E-state index in [0.29, 0.717) is 0 Å².